The molecule has 0 saturated carbocycles. The van der Waals surface area contributed by atoms with Gasteiger partial charge in [-0.1, -0.05) is 41.9 Å². The number of esters is 1. The fraction of sp³-hybridized carbons (Fsp3) is 0.250. The van der Waals surface area contributed by atoms with E-state index in [0.29, 0.717) is 15.5 Å². The van der Waals surface area contributed by atoms with Crippen LogP contribution in [0.25, 0.3) is 0 Å². The van der Waals surface area contributed by atoms with Crippen molar-refractivity contribution in [3.8, 4) is 0 Å². The molecule has 7 heteroatoms. The van der Waals surface area contributed by atoms with Crippen LogP contribution in [-0.4, -0.2) is 30.0 Å². The molecule has 1 N–H and O–H groups in total. The first kappa shape index (κ1) is 21.0. The molecule has 0 heterocycles. The second kappa shape index (κ2) is 10.1. The SMILES string of the molecule is CC(=O)CSc1ccccc1C(=O)OCC(=O)N[C@@H](C)c1ccccc1Cl. The quantitative estimate of drug-likeness (QED) is 0.529. The average molecular weight is 406 g/mol. The summed E-state index contributed by atoms with van der Waals surface area (Å²) in [6, 6.07) is 13.7. The number of thioether (sulfide) groups is 1. The fourth-order valence-electron chi connectivity index (χ4n) is 2.34. The van der Waals surface area contributed by atoms with Crippen molar-refractivity contribution in [2.75, 3.05) is 12.4 Å². The molecular formula is C20H20ClNO4S. The van der Waals surface area contributed by atoms with E-state index in [1.807, 2.05) is 18.2 Å². The smallest absolute Gasteiger partial charge is 0.339 e. The molecule has 2 rings (SSSR count). The van der Waals surface area contributed by atoms with E-state index in [-0.39, 0.29) is 17.6 Å². The van der Waals surface area contributed by atoms with Gasteiger partial charge >= 0.3 is 5.97 Å². The third-order valence-electron chi connectivity index (χ3n) is 3.62. The summed E-state index contributed by atoms with van der Waals surface area (Å²) in [6.45, 7) is 2.88. The molecule has 0 aliphatic carbocycles. The summed E-state index contributed by atoms with van der Waals surface area (Å²) in [4.78, 5) is 36.2. The number of carbonyl (C=O) groups is 3. The first-order chi connectivity index (χ1) is 12.9. The second-order valence-electron chi connectivity index (χ2n) is 5.87. The van der Waals surface area contributed by atoms with Crippen LogP contribution in [0, 0.1) is 0 Å². The number of Topliss-reactive ketones (excluding diaryl/α,β-unsaturated/α-hetero) is 1. The van der Waals surface area contributed by atoms with Crippen molar-refractivity contribution in [1.29, 1.82) is 0 Å². The number of carbonyl (C=O) groups excluding carboxylic acids is 3. The van der Waals surface area contributed by atoms with Crippen LogP contribution in [0.15, 0.2) is 53.4 Å². The first-order valence-electron chi connectivity index (χ1n) is 8.30. The Morgan fingerprint density at radius 1 is 1.11 bits per heavy atom. The molecule has 0 unspecified atom stereocenters. The minimum Gasteiger partial charge on any atom is -0.452 e. The fourth-order valence-corrected chi connectivity index (χ4v) is 3.48. The third kappa shape index (κ3) is 6.41. The number of hydrogen-bond acceptors (Lipinski definition) is 5. The highest BCUT2D eigenvalue weighted by Gasteiger charge is 2.17. The van der Waals surface area contributed by atoms with Crippen LogP contribution >= 0.6 is 23.4 Å². The van der Waals surface area contributed by atoms with E-state index in [4.69, 9.17) is 16.3 Å². The molecule has 142 valence electrons. The minimum atomic E-state index is -0.609. The standard InChI is InChI=1S/C20H20ClNO4S/c1-13(23)12-27-18-10-6-4-8-16(18)20(25)26-11-19(24)22-14(2)15-7-3-5-9-17(15)21/h3-10,14H,11-12H2,1-2H3,(H,22,24)/t14-/m0/s1. The highest BCUT2D eigenvalue weighted by Crippen LogP contribution is 2.24. The van der Waals surface area contributed by atoms with Gasteiger partial charge in [-0.15, -0.1) is 11.8 Å². The monoisotopic (exact) mass is 405 g/mol. The Morgan fingerprint density at radius 3 is 2.48 bits per heavy atom. The van der Waals surface area contributed by atoms with E-state index in [9.17, 15) is 14.4 Å². The molecular weight excluding hydrogens is 386 g/mol. The molecule has 0 aliphatic heterocycles. The van der Waals surface area contributed by atoms with E-state index in [0.717, 1.165) is 5.56 Å². The molecule has 0 saturated heterocycles. The maximum Gasteiger partial charge on any atom is 0.339 e. The van der Waals surface area contributed by atoms with Crippen LogP contribution in [0.2, 0.25) is 5.02 Å². The molecule has 0 spiro atoms. The van der Waals surface area contributed by atoms with Crippen molar-refractivity contribution in [3.63, 3.8) is 0 Å². The molecule has 0 radical (unpaired) electrons. The summed E-state index contributed by atoms with van der Waals surface area (Å²) in [5.74, 6) is -0.761. The van der Waals surface area contributed by atoms with Crippen LogP contribution in [0.5, 0.6) is 0 Å². The van der Waals surface area contributed by atoms with Crippen LogP contribution in [0.3, 0.4) is 0 Å². The van der Waals surface area contributed by atoms with Crippen molar-refractivity contribution in [1.82, 2.24) is 5.32 Å². The minimum absolute atomic E-state index is 0.0103. The van der Waals surface area contributed by atoms with Gasteiger partial charge in [0.2, 0.25) is 0 Å². The van der Waals surface area contributed by atoms with Gasteiger partial charge in [-0.05, 0) is 37.6 Å². The van der Waals surface area contributed by atoms with Gasteiger partial charge in [-0.3, -0.25) is 9.59 Å². The van der Waals surface area contributed by atoms with E-state index in [2.05, 4.69) is 5.32 Å². The molecule has 5 nitrogen and oxygen atoms in total. The van der Waals surface area contributed by atoms with Gasteiger partial charge in [0.1, 0.15) is 5.78 Å². The highest BCUT2D eigenvalue weighted by molar-refractivity contribution is 8.00. The third-order valence-corrected chi connectivity index (χ3v) is 5.18. The lowest BCUT2D eigenvalue weighted by molar-refractivity contribution is -0.124. The van der Waals surface area contributed by atoms with Gasteiger partial charge in [0, 0.05) is 9.92 Å². The topological polar surface area (TPSA) is 72.5 Å². The number of ether oxygens (including phenoxy) is 1. The number of amides is 1. The average Bonchev–Trinajstić information content (AvgIpc) is 2.65. The predicted molar refractivity (Wildman–Crippen MR) is 106 cm³/mol. The van der Waals surface area contributed by atoms with Crippen molar-refractivity contribution in [2.24, 2.45) is 0 Å². The Bertz CT molecular complexity index is 840. The van der Waals surface area contributed by atoms with Crippen molar-refractivity contribution in [2.45, 2.75) is 24.8 Å². The Hall–Kier alpha value is -2.31. The zero-order valence-corrected chi connectivity index (χ0v) is 16.6. The van der Waals surface area contributed by atoms with Gasteiger partial charge < -0.3 is 10.1 Å². The van der Waals surface area contributed by atoms with Crippen LogP contribution in [0.1, 0.15) is 35.8 Å². The Labute approximate surface area is 167 Å². The lowest BCUT2D eigenvalue weighted by Gasteiger charge is -2.16. The first-order valence-corrected chi connectivity index (χ1v) is 9.67. The number of benzene rings is 2. The molecule has 0 fully saturated rings. The normalized spacial score (nSPS) is 11.5. The Kier molecular flexibility index (Phi) is 7.88. The molecule has 27 heavy (non-hydrogen) atoms. The summed E-state index contributed by atoms with van der Waals surface area (Å²) in [6.07, 6.45) is 0. The molecule has 2 aromatic carbocycles. The van der Waals surface area contributed by atoms with E-state index >= 15 is 0 Å². The van der Waals surface area contributed by atoms with Gasteiger partial charge in [-0.2, -0.15) is 0 Å². The molecule has 0 bridgehead atoms. The summed E-state index contributed by atoms with van der Waals surface area (Å²) in [5.41, 5.74) is 1.11. The predicted octanol–water partition coefficient (Wildman–Crippen LogP) is 4.06. The Balaban J connectivity index is 1.92. The van der Waals surface area contributed by atoms with Gasteiger partial charge in [0.05, 0.1) is 17.4 Å². The maximum absolute atomic E-state index is 12.3. The number of halogens is 1. The van der Waals surface area contributed by atoms with Gasteiger partial charge in [-0.25, -0.2) is 4.79 Å². The number of hydrogen-bond donors (Lipinski definition) is 1. The molecule has 0 aliphatic rings. The van der Waals surface area contributed by atoms with Crippen LogP contribution in [0.4, 0.5) is 0 Å². The Morgan fingerprint density at radius 2 is 1.78 bits per heavy atom. The summed E-state index contributed by atoms with van der Waals surface area (Å²) in [7, 11) is 0. The lowest BCUT2D eigenvalue weighted by Crippen LogP contribution is -2.31. The molecule has 1 amide bonds. The van der Waals surface area contributed by atoms with Gasteiger partial charge in [0.25, 0.3) is 5.91 Å². The van der Waals surface area contributed by atoms with E-state index in [1.165, 1.54) is 18.7 Å². The van der Waals surface area contributed by atoms with E-state index in [1.54, 1.807) is 37.3 Å². The highest BCUT2D eigenvalue weighted by atomic mass is 35.5. The summed E-state index contributed by atoms with van der Waals surface area (Å²) < 4.78 is 5.12. The zero-order chi connectivity index (χ0) is 19.8. The number of rotatable bonds is 8. The summed E-state index contributed by atoms with van der Waals surface area (Å²) >= 11 is 7.38. The summed E-state index contributed by atoms with van der Waals surface area (Å²) in [5, 5.41) is 3.30. The number of nitrogens with one attached hydrogen (secondary N) is 1. The van der Waals surface area contributed by atoms with Crippen molar-refractivity contribution >= 4 is 41.0 Å². The largest absolute Gasteiger partial charge is 0.452 e. The second-order valence-corrected chi connectivity index (χ2v) is 7.30. The van der Waals surface area contributed by atoms with Crippen molar-refractivity contribution < 1.29 is 19.1 Å². The molecule has 2 aromatic rings. The lowest BCUT2D eigenvalue weighted by atomic mass is 10.1. The zero-order valence-electron chi connectivity index (χ0n) is 15.0. The van der Waals surface area contributed by atoms with Crippen LogP contribution < -0.4 is 5.32 Å². The molecule has 0 aromatic heterocycles. The molecule has 1 atom stereocenters. The van der Waals surface area contributed by atoms with Crippen LogP contribution in [-0.2, 0) is 14.3 Å². The maximum atomic E-state index is 12.3. The number of ketones is 1. The van der Waals surface area contributed by atoms with Gasteiger partial charge in [0.15, 0.2) is 6.61 Å². The van der Waals surface area contributed by atoms with E-state index < -0.39 is 18.5 Å². The van der Waals surface area contributed by atoms with Crippen molar-refractivity contribution in [3.05, 3.63) is 64.7 Å².